The maximum absolute atomic E-state index is 13.3. The number of carbonyl (C=O) groups is 2. The van der Waals surface area contributed by atoms with E-state index in [0.717, 1.165) is 42.4 Å². The molecule has 2 amide bonds. The molecule has 0 spiro atoms. The van der Waals surface area contributed by atoms with Crippen molar-refractivity contribution < 1.29 is 19.1 Å². The van der Waals surface area contributed by atoms with Crippen molar-refractivity contribution >= 4 is 11.8 Å². The average Bonchev–Trinajstić information content (AvgIpc) is 3.54. The Hall–Kier alpha value is -3.95. The lowest BCUT2D eigenvalue weighted by Gasteiger charge is -2.26. The highest BCUT2D eigenvalue weighted by Crippen LogP contribution is 2.32. The van der Waals surface area contributed by atoms with Crippen LogP contribution in [-0.2, 0) is 22.7 Å². The first kappa shape index (κ1) is 23.8. The smallest absolute Gasteiger partial charge is 0.247 e. The largest absolute Gasteiger partial charge is 0.454 e. The molecule has 1 aliphatic heterocycles. The third-order valence-corrected chi connectivity index (χ3v) is 6.51. The number of hydrogen-bond acceptors (Lipinski definition) is 7. The summed E-state index contributed by atoms with van der Waals surface area (Å²) in [6.07, 6.45) is 5.40. The van der Waals surface area contributed by atoms with Gasteiger partial charge in [0.05, 0.1) is 6.54 Å². The number of nitrogens with zero attached hydrogens (tertiary/aromatic N) is 5. The summed E-state index contributed by atoms with van der Waals surface area (Å²) in [5, 5.41) is 15.6. The third-order valence-electron chi connectivity index (χ3n) is 6.51. The summed E-state index contributed by atoms with van der Waals surface area (Å²) in [4.78, 5) is 29.0. The van der Waals surface area contributed by atoms with Gasteiger partial charge < -0.3 is 19.7 Å². The molecule has 1 aliphatic carbocycles. The lowest BCUT2D eigenvalue weighted by Crippen LogP contribution is -2.45. The highest BCUT2D eigenvalue weighted by atomic mass is 16.7. The van der Waals surface area contributed by atoms with Gasteiger partial charge in [-0.3, -0.25) is 9.59 Å². The quantitative estimate of drug-likeness (QED) is 0.517. The summed E-state index contributed by atoms with van der Waals surface area (Å²) < 4.78 is 10.9. The summed E-state index contributed by atoms with van der Waals surface area (Å²) in [5.74, 6) is 1.30. The van der Waals surface area contributed by atoms with Crippen molar-refractivity contribution in [3.63, 3.8) is 0 Å². The first-order valence-corrected chi connectivity index (χ1v) is 12.3. The van der Waals surface area contributed by atoms with E-state index in [1.807, 2.05) is 49.4 Å². The second kappa shape index (κ2) is 10.8. The van der Waals surface area contributed by atoms with E-state index in [1.54, 1.807) is 0 Å². The molecular formula is C26H30N6O4. The average molecular weight is 491 g/mol. The van der Waals surface area contributed by atoms with Crippen molar-refractivity contribution in [1.82, 2.24) is 30.4 Å². The fourth-order valence-corrected chi connectivity index (χ4v) is 4.53. The molecule has 1 N–H and O–H groups in total. The zero-order valence-electron chi connectivity index (χ0n) is 20.4. The number of aryl methyl sites for hydroxylation is 1. The van der Waals surface area contributed by atoms with Crippen LogP contribution in [0.25, 0.3) is 11.4 Å². The van der Waals surface area contributed by atoms with Gasteiger partial charge in [0, 0.05) is 18.2 Å². The van der Waals surface area contributed by atoms with Crippen molar-refractivity contribution in [2.24, 2.45) is 0 Å². The summed E-state index contributed by atoms with van der Waals surface area (Å²) >= 11 is 0. The van der Waals surface area contributed by atoms with E-state index in [1.165, 1.54) is 16.1 Å². The zero-order chi connectivity index (χ0) is 24.9. The van der Waals surface area contributed by atoms with Gasteiger partial charge in [-0.15, -0.1) is 10.2 Å². The van der Waals surface area contributed by atoms with Gasteiger partial charge in [-0.1, -0.05) is 55.2 Å². The number of hydrogen-bond donors (Lipinski definition) is 1. The Labute approximate surface area is 209 Å². The van der Waals surface area contributed by atoms with Crippen LogP contribution in [0.4, 0.5) is 0 Å². The molecule has 1 saturated carbocycles. The number of ether oxygens (including phenoxy) is 2. The number of aromatic nitrogens is 4. The van der Waals surface area contributed by atoms with E-state index in [9.17, 15) is 9.59 Å². The van der Waals surface area contributed by atoms with Crippen molar-refractivity contribution in [1.29, 1.82) is 0 Å². The van der Waals surface area contributed by atoms with Crippen LogP contribution >= 0.6 is 0 Å². The second-order valence-electron chi connectivity index (χ2n) is 9.35. The van der Waals surface area contributed by atoms with Gasteiger partial charge in [0.2, 0.25) is 24.4 Å². The molecule has 0 saturated heterocycles. The molecule has 188 valence electrons. The molecule has 2 aliphatic rings. The number of amides is 2. The van der Waals surface area contributed by atoms with Crippen LogP contribution in [0.3, 0.4) is 0 Å². The Bertz CT molecular complexity index is 1220. The van der Waals surface area contributed by atoms with Crippen LogP contribution in [0.2, 0.25) is 0 Å². The van der Waals surface area contributed by atoms with E-state index in [-0.39, 0.29) is 44.3 Å². The summed E-state index contributed by atoms with van der Waals surface area (Å²) in [6.45, 7) is 2.24. The van der Waals surface area contributed by atoms with Crippen LogP contribution in [0.1, 0.15) is 43.2 Å². The van der Waals surface area contributed by atoms with Crippen LogP contribution in [-0.4, -0.2) is 56.3 Å². The zero-order valence-corrected chi connectivity index (χ0v) is 20.4. The predicted octanol–water partition coefficient (Wildman–Crippen LogP) is 2.85. The van der Waals surface area contributed by atoms with Gasteiger partial charge in [-0.2, -0.15) is 4.80 Å². The van der Waals surface area contributed by atoms with Gasteiger partial charge in [0.1, 0.15) is 6.54 Å². The monoisotopic (exact) mass is 490 g/mol. The molecule has 1 fully saturated rings. The highest BCUT2D eigenvalue weighted by Gasteiger charge is 2.23. The first-order valence-electron chi connectivity index (χ1n) is 12.3. The van der Waals surface area contributed by atoms with Crippen molar-refractivity contribution in [3.8, 4) is 22.9 Å². The fourth-order valence-electron chi connectivity index (χ4n) is 4.53. The molecule has 0 bridgehead atoms. The maximum Gasteiger partial charge on any atom is 0.247 e. The molecular weight excluding hydrogens is 460 g/mol. The molecule has 1 aromatic heterocycles. The van der Waals surface area contributed by atoms with E-state index < -0.39 is 0 Å². The van der Waals surface area contributed by atoms with Crippen molar-refractivity contribution in [2.75, 3.05) is 13.3 Å². The number of nitrogens with one attached hydrogen (secondary N) is 1. The fraction of sp³-hybridized carbons (Fsp3) is 0.423. The summed E-state index contributed by atoms with van der Waals surface area (Å²) in [7, 11) is 0. The van der Waals surface area contributed by atoms with E-state index in [0.29, 0.717) is 17.3 Å². The molecule has 36 heavy (non-hydrogen) atoms. The maximum atomic E-state index is 13.3. The lowest BCUT2D eigenvalue weighted by molar-refractivity contribution is -0.137. The summed E-state index contributed by atoms with van der Waals surface area (Å²) in [6, 6.07) is 13.5. The molecule has 10 nitrogen and oxygen atoms in total. The van der Waals surface area contributed by atoms with Crippen molar-refractivity contribution in [3.05, 3.63) is 53.6 Å². The highest BCUT2D eigenvalue weighted by molar-refractivity contribution is 5.84. The van der Waals surface area contributed by atoms with Crippen LogP contribution < -0.4 is 14.8 Å². The number of tetrazole rings is 1. The van der Waals surface area contributed by atoms with E-state index in [4.69, 9.17) is 9.47 Å². The van der Waals surface area contributed by atoms with Gasteiger partial charge in [-0.25, -0.2) is 0 Å². The first-order chi connectivity index (χ1) is 17.5. The lowest BCUT2D eigenvalue weighted by atomic mass is 9.95. The topological polar surface area (TPSA) is 111 Å². The summed E-state index contributed by atoms with van der Waals surface area (Å²) in [5.41, 5.74) is 2.79. The van der Waals surface area contributed by atoms with Gasteiger partial charge >= 0.3 is 0 Å². The molecule has 5 rings (SSSR count). The minimum absolute atomic E-state index is 0.0523. The molecule has 0 unspecified atom stereocenters. The minimum atomic E-state index is -0.278. The van der Waals surface area contributed by atoms with E-state index in [2.05, 4.69) is 20.7 Å². The minimum Gasteiger partial charge on any atom is -0.454 e. The normalized spacial score (nSPS) is 15.0. The van der Waals surface area contributed by atoms with Crippen LogP contribution in [0, 0.1) is 6.92 Å². The Morgan fingerprint density at radius 2 is 1.83 bits per heavy atom. The van der Waals surface area contributed by atoms with Gasteiger partial charge in [0.25, 0.3) is 0 Å². The molecule has 10 heteroatoms. The van der Waals surface area contributed by atoms with Crippen LogP contribution in [0.5, 0.6) is 11.5 Å². The number of rotatable bonds is 8. The van der Waals surface area contributed by atoms with E-state index >= 15 is 0 Å². The predicted molar refractivity (Wildman–Crippen MR) is 131 cm³/mol. The SMILES string of the molecule is Cc1ccc(-c2nnn(CC(=O)N(CC(=O)NC3CCCCC3)Cc3ccc4c(c3)OCO4)n2)cc1. The molecule has 0 radical (unpaired) electrons. The Morgan fingerprint density at radius 1 is 1.06 bits per heavy atom. The second-order valence-corrected chi connectivity index (χ2v) is 9.35. The Balaban J connectivity index is 1.29. The molecule has 2 aromatic carbocycles. The van der Waals surface area contributed by atoms with Crippen LogP contribution in [0.15, 0.2) is 42.5 Å². The van der Waals surface area contributed by atoms with Gasteiger partial charge in [0.15, 0.2) is 11.5 Å². The Kier molecular flexibility index (Phi) is 7.11. The third kappa shape index (κ3) is 5.81. The molecule has 2 heterocycles. The van der Waals surface area contributed by atoms with Gasteiger partial charge in [-0.05, 0) is 42.7 Å². The van der Waals surface area contributed by atoms with Crippen molar-refractivity contribution in [2.45, 2.75) is 58.2 Å². The molecule has 3 aromatic rings. The Morgan fingerprint density at radius 3 is 2.64 bits per heavy atom. The number of benzene rings is 2. The number of carbonyl (C=O) groups excluding carboxylic acids is 2. The molecule has 0 atom stereocenters. The number of fused-ring (bicyclic) bond motifs is 1. The standard InChI is InChI=1S/C26H30N6O4/c1-18-7-10-20(11-8-18)26-28-30-32(29-26)16-25(34)31(15-24(33)27-21-5-3-2-4-6-21)14-19-9-12-22-23(13-19)36-17-35-22/h7-13,21H,2-6,14-17H2,1H3,(H,27,33).